The normalized spacial score (nSPS) is 10.8. The van der Waals surface area contributed by atoms with Gasteiger partial charge in [0, 0.05) is 26.6 Å². The van der Waals surface area contributed by atoms with Crippen molar-refractivity contribution in [3.63, 3.8) is 0 Å². The Balaban J connectivity index is 0.00000392. The molecule has 0 radical (unpaired) electrons. The number of anilines is 1. The molecule has 0 bridgehead atoms. The number of nitrogens with zero attached hydrogens (tertiary/aromatic N) is 1. The molecule has 0 aliphatic carbocycles. The van der Waals surface area contributed by atoms with Crippen molar-refractivity contribution in [3.05, 3.63) is 64.4 Å². The molecule has 0 aliphatic rings. The van der Waals surface area contributed by atoms with Crippen molar-refractivity contribution in [3.8, 4) is 0 Å². The van der Waals surface area contributed by atoms with E-state index in [4.69, 9.17) is 11.6 Å². The first-order chi connectivity index (χ1) is 13.0. The van der Waals surface area contributed by atoms with Gasteiger partial charge in [0.1, 0.15) is 5.82 Å². The number of rotatable bonds is 7. The second kappa shape index (κ2) is 12.6. The third-order valence-corrected chi connectivity index (χ3v) is 4.17. The first-order valence-electron chi connectivity index (χ1n) is 8.73. The topological polar surface area (TPSA) is 65.5 Å². The summed E-state index contributed by atoms with van der Waals surface area (Å²) in [6.07, 6.45) is 0.944. The largest absolute Gasteiger partial charge is 0.356 e. The highest BCUT2D eigenvalue weighted by atomic mass is 127. The Hall–Kier alpha value is -1.87. The summed E-state index contributed by atoms with van der Waals surface area (Å²) in [4.78, 5) is 16.2. The van der Waals surface area contributed by atoms with E-state index in [9.17, 15) is 9.18 Å². The molecule has 0 spiro atoms. The summed E-state index contributed by atoms with van der Waals surface area (Å²) in [6, 6.07) is 12.0. The van der Waals surface area contributed by atoms with Crippen LogP contribution in [0.3, 0.4) is 0 Å². The van der Waals surface area contributed by atoms with E-state index in [1.807, 2.05) is 19.1 Å². The van der Waals surface area contributed by atoms with Gasteiger partial charge in [0.05, 0.1) is 10.7 Å². The quantitative estimate of drug-likeness (QED) is 0.293. The maximum absolute atomic E-state index is 13.2. The maximum Gasteiger partial charge on any atom is 0.226 e. The highest BCUT2D eigenvalue weighted by molar-refractivity contribution is 14.0. The van der Waals surface area contributed by atoms with Crippen molar-refractivity contribution < 1.29 is 9.18 Å². The Morgan fingerprint density at radius 2 is 1.89 bits per heavy atom. The van der Waals surface area contributed by atoms with Crippen molar-refractivity contribution in [1.29, 1.82) is 0 Å². The molecule has 5 nitrogen and oxygen atoms in total. The Morgan fingerprint density at radius 1 is 1.14 bits per heavy atom. The number of amides is 1. The van der Waals surface area contributed by atoms with Crippen molar-refractivity contribution in [2.75, 3.05) is 25.5 Å². The van der Waals surface area contributed by atoms with E-state index in [-0.39, 0.29) is 42.1 Å². The summed E-state index contributed by atoms with van der Waals surface area (Å²) < 4.78 is 13.2. The SMILES string of the molecule is CN=C(NCCC(=O)Nc1ccc(C)cc1Cl)NCCc1cccc(F)c1.I. The van der Waals surface area contributed by atoms with Crippen LogP contribution in [0.1, 0.15) is 17.5 Å². The predicted molar refractivity (Wildman–Crippen MR) is 124 cm³/mol. The molecule has 0 aliphatic heterocycles. The number of hydrogen-bond acceptors (Lipinski definition) is 2. The number of guanidine groups is 1. The standard InChI is InChI=1S/C20H24ClFN4O.HI/c1-14-6-7-18(17(21)12-14)26-19(27)9-11-25-20(23-2)24-10-8-15-4-3-5-16(22)13-15;/h3-7,12-13H,8-11H2,1-2H3,(H,26,27)(H2,23,24,25);1H. The summed E-state index contributed by atoms with van der Waals surface area (Å²) in [5.41, 5.74) is 2.55. The van der Waals surface area contributed by atoms with Gasteiger partial charge in [0.15, 0.2) is 5.96 Å². The number of hydrogen-bond donors (Lipinski definition) is 3. The fraction of sp³-hybridized carbons (Fsp3) is 0.300. The Kier molecular flexibility index (Phi) is 10.8. The van der Waals surface area contributed by atoms with Crippen LogP contribution < -0.4 is 16.0 Å². The van der Waals surface area contributed by atoms with Crippen LogP contribution in [0.4, 0.5) is 10.1 Å². The second-order valence-corrected chi connectivity index (χ2v) is 6.49. The van der Waals surface area contributed by atoms with Crippen molar-refractivity contribution in [1.82, 2.24) is 10.6 Å². The average molecular weight is 519 g/mol. The van der Waals surface area contributed by atoms with Gasteiger partial charge >= 0.3 is 0 Å². The molecule has 2 aromatic rings. The molecule has 0 fully saturated rings. The van der Waals surface area contributed by atoms with Gasteiger partial charge in [-0.2, -0.15) is 0 Å². The molecule has 0 atom stereocenters. The zero-order valence-corrected chi connectivity index (χ0v) is 19.0. The molecular formula is C20H25ClFIN4O. The van der Waals surface area contributed by atoms with E-state index < -0.39 is 0 Å². The molecule has 28 heavy (non-hydrogen) atoms. The van der Waals surface area contributed by atoms with Crippen LogP contribution in [-0.4, -0.2) is 32.0 Å². The minimum atomic E-state index is -0.241. The maximum atomic E-state index is 13.2. The number of benzene rings is 2. The van der Waals surface area contributed by atoms with Crippen LogP contribution in [0.15, 0.2) is 47.5 Å². The molecule has 0 saturated carbocycles. The molecular weight excluding hydrogens is 494 g/mol. The molecule has 2 rings (SSSR count). The summed E-state index contributed by atoms with van der Waals surface area (Å²) in [7, 11) is 1.66. The Bertz CT molecular complexity index is 817. The summed E-state index contributed by atoms with van der Waals surface area (Å²) in [5, 5.41) is 9.53. The summed E-state index contributed by atoms with van der Waals surface area (Å²) in [5.74, 6) is 0.214. The van der Waals surface area contributed by atoms with E-state index in [0.29, 0.717) is 36.2 Å². The molecule has 152 valence electrons. The number of aryl methyl sites for hydroxylation is 1. The second-order valence-electron chi connectivity index (χ2n) is 6.09. The lowest BCUT2D eigenvalue weighted by atomic mass is 10.1. The molecule has 3 N–H and O–H groups in total. The van der Waals surface area contributed by atoms with Crippen LogP contribution >= 0.6 is 35.6 Å². The highest BCUT2D eigenvalue weighted by Gasteiger charge is 2.06. The van der Waals surface area contributed by atoms with Crippen LogP contribution in [0.2, 0.25) is 5.02 Å². The fourth-order valence-corrected chi connectivity index (χ4v) is 2.75. The number of halogens is 3. The molecule has 0 unspecified atom stereocenters. The van der Waals surface area contributed by atoms with Crippen molar-refractivity contribution in [2.24, 2.45) is 4.99 Å². The minimum Gasteiger partial charge on any atom is -0.356 e. The molecule has 0 aromatic heterocycles. The van der Waals surface area contributed by atoms with Crippen molar-refractivity contribution in [2.45, 2.75) is 19.8 Å². The molecule has 2 aromatic carbocycles. The average Bonchev–Trinajstić information content (AvgIpc) is 2.63. The van der Waals surface area contributed by atoms with Gasteiger partial charge in [-0.25, -0.2) is 4.39 Å². The van der Waals surface area contributed by atoms with E-state index in [0.717, 1.165) is 11.1 Å². The van der Waals surface area contributed by atoms with E-state index in [1.54, 1.807) is 25.2 Å². The van der Waals surface area contributed by atoms with Crippen LogP contribution in [0.5, 0.6) is 0 Å². The van der Waals surface area contributed by atoms with Gasteiger partial charge in [-0.15, -0.1) is 24.0 Å². The number of nitrogens with one attached hydrogen (secondary N) is 3. The van der Waals surface area contributed by atoms with Crippen LogP contribution in [0, 0.1) is 12.7 Å². The predicted octanol–water partition coefficient (Wildman–Crippen LogP) is 4.14. The van der Waals surface area contributed by atoms with E-state index in [1.165, 1.54) is 12.1 Å². The molecule has 8 heteroatoms. The Labute approximate surface area is 187 Å². The zero-order chi connectivity index (χ0) is 19.6. The zero-order valence-electron chi connectivity index (χ0n) is 15.9. The van der Waals surface area contributed by atoms with Gasteiger partial charge in [0.2, 0.25) is 5.91 Å². The third kappa shape index (κ3) is 8.43. The lowest BCUT2D eigenvalue weighted by molar-refractivity contribution is -0.116. The van der Waals surface area contributed by atoms with Gasteiger partial charge in [0.25, 0.3) is 0 Å². The summed E-state index contributed by atoms with van der Waals surface area (Å²) >= 11 is 6.12. The fourth-order valence-electron chi connectivity index (χ4n) is 2.47. The molecule has 1 amide bonds. The Morgan fingerprint density at radius 3 is 2.57 bits per heavy atom. The van der Waals surface area contributed by atoms with Gasteiger partial charge < -0.3 is 16.0 Å². The highest BCUT2D eigenvalue weighted by Crippen LogP contribution is 2.22. The van der Waals surface area contributed by atoms with Gasteiger partial charge in [-0.3, -0.25) is 9.79 Å². The number of carbonyl (C=O) groups excluding carboxylic acids is 1. The first kappa shape index (κ1) is 24.2. The third-order valence-electron chi connectivity index (χ3n) is 3.86. The lowest BCUT2D eigenvalue weighted by Gasteiger charge is -2.12. The number of carbonyl (C=O) groups is 1. The lowest BCUT2D eigenvalue weighted by Crippen LogP contribution is -2.39. The van der Waals surface area contributed by atoms with Gasteiger partial charge in [-0.1, -0.05) is 29.8 Å². The summed E-state index contributed by atoms with van der Waals surface area (Å²) in [6.45, 7) is 2.97. The molecule has 0 heterocycles. The van der Waals surface area contributed by atoms with Crippen molar-refractivity contribution >= 4 is 53.1 Å². The first-order valence-corrected chi connectivity index (χ1v) is 9.10. The monoisotopic (exact) mass is 518 g/mol. The van der Waals surface area contributed by atoms with E-state index in [2.05, 4.69) is 20.9 Å². The van der Waals surface area contributed by atoms with Gasteiger partial charge in [-0.05, 0) is 48.7 Å². The number of aliphatic imine (C=N–C) groups is 1. The van der Waals surface area contributed by atoms with Crippen LogP contribution in [0.25, 0.3) is 0 Å². The molecule has 0 saturated heterocycles. The minimum absolute atomic E-state index is 0. The smallest absolute Gasteiger partial charge is 0.226 e. The van der Waals surface area contributed by atoms with Crippen LogP contribution in [-0.2, 0) is 11.2 Å². The van der Waals surface area contributed by atoms with E-state index >= 15 is 0 Å².